The monoisotopic (exact) mass is 332 g/mol. The van der Waals surface area contributed by atoms with Crippen LogP contribution in [0.4, 0.5) is 5.69 Å². The number of amides is 1. The number of nitrogens with one attached hydrogen (secondary N) is 1. The summed E-state index contributed by atoms with van der Waals surface area (Å²) in [5, 5.41) is 12.3. The van der Waals surface area contributed by atoms with E-state index in [9.17, 15) is 10.1 Å². The molecule has 1 aromatic heterocycles. The predicted octanol–water partition coefficient (Wildman–Crippen LogP) is 3.19. The first-order valence-corrected chi connectivity index (χ1v) is 7.70. The van der Waals surface area contributed by atoms with Crippen molar-refractivity contribution in [2.24, 2.45) is 0 Å². The summed E-state index contributed by atoms with van der Waals surface area (Å²) < 4.78 is 5.25. The standard InChI is InChI=1S/C19H16N4O2/c1-12-6-5-7-13(10-12)21-18(24)14(11-20)17-19(25-2)23-16-9-4-3-8-15(16)22-17/h3-10,14H,1-2H3,(H,21,24)/t14-/m0/s1. The molecule has 3 aromatic rings. The van der Waals surface area contributed by atoms with Crippen LogP contribution >= 0.6 is 0 Å². The minimum atomic E-state index is -1.13. The lowest BCUT2D eigenvalue weighted by atomic mass is 10.1. The first-order chi connectivity index (χ1) is 12.1. The molecule has 0 spiro atoms. The molecule has 1 amide bonds. The molecule has 0 unspecified atom stereocenters. The van der Waals surface area contributed by atoms with Crippen LogP contribution in [0, 0.1) is 18.3 Å². The zero-order chi connectivity index (χ0) is 17.8. The maximum atomic E-state index is 12.6. The zero-order valence-corrected chi connectivity index (χ0v) is 13.9. The van der Waals surface area contributed by atoms with Crippen molar-refractivity contribution in [2.75, 3.05) is 12.4 Å². The van der Waals surface area contributed by atoms with Crippen molar-refractivity contribution < 1.29 is 9.53 Å². The van der Waals surface area contributed by atoms with Crippen LogP contribution in [0.2, 0.25) is 0 Å². The van der Waals surface area contributed by atoms with E-state index in [2.05, 4.69) is 15.3 Å². The van der Waals surface area contributed by atoms with Crippen LogP contribution in [0.1, 0.15) is 17.2 Å². The van der Waals surface area contributed by atoms with Crippen LogP contribution in [-0.4, -0.2) is 23.0 Å². The third-order valence-electron chi connectivity index (χ3n) is 3.71. The highest BCUT2D eigenvalue weighted by Crippen LogP contribution is 2.26. The number of fused-ring (bicyclic) bond motifs is 1. The summed E-state index contributed by atoms with van der Waals surface area (Å²) in [6, 6.07) is 16.6. The van der Waals surface area contributed by atoms with Crippen LogP contribution in [-0.2, 0) is 4.79 Å². The van der Waals surface area contributed by atoms with Crippen molar-refractivity contribution in [1.82, 2.24) is 9.97 Å². The number of aryl methyl sites for hydroxylation is 1. The lowest BCUT2D eigenvalue weighted by Crippen LogP contribution is -2.22. The van der Waals surface area contributed by atoms with E-state index in [0.29, 0.717) is 16.7 Å². The van der Waals surface area contributed by atoms with Gasteiger partial charge in [0.2, 0.25) is 11.8 Å². The highest BCUT2D eigenvalue weighted by Gasteiger charge is 2.27. The minimum Gasteiger partial charge on any atom is -0.480 e. The fourth-order valence-electron chi connectivity index (χ4n) is 2.52. The molecule has 0 aliphatic carbocycles. The molecular formula is C19H16N4O2. The summed E-state index contributed by atoms with van der Waals surface area (Å²) >= 11 is 0. The van der Waals surface area contributed by atoms with Gasteiger partial charge in [-0.05, 0) is 36.8 Å². The Morgan fingerprint density at radius 3 is 2.52 bits per heavy atom. The number of hydrogen-bond donors (Lipinski definition) is 1. The largest absolute Gasteiger partial charge is 0.480 e. The number of anilines is 1. The Bertz CT molecular complexity index is 979. The highest BCUT2D eigenvalue weighted by molar-refractivity contribution is 5.98. The van der Waals surface area contributed by atoms with E-state index in [-0.39, 0.29) is 11.6 Å². The summed E-state index contributed by atoms with van der Waals surface area (Å²) in [5.41, 5.74) is 3.07. The topological polar surface area (TPSA) is 87.9 Å². The Hall–Kier alpha value is -3.46. The van der Waals surface area contributed by atoms with Crippen molar-refractivity contribution in [3.05, 3.63) is 59.8 Å². The number of carbonyl (C=O) groups is 1. The van der Waals surface area contributed by atoms with Crippen molar-refractivity contribution in [2.45, 2.75) is 12.8 Å². The van der Waals surface area contributed by atoms with Crippen LogP contribution in [0.5, 0.6) is 5.88 Å². The second-order valence-corrected chi connectivity index (χ2v) is 5.53. The van der Waals surface area contributed by atoms with Gasteiger partial charge in [-0.3, -0.25) is 4.79 Å². The lowest BCUT2D eigenvalue weighted by Gasteiger charge is -2.13. The maximum absolute atomic E-state index is 12.6. The van der Waals surface area contributed by atoms with E-state index >= 15 is 0 Å². The summed E-state index contributed by atoms with van der Waals surface area (Å²) in [4.78, 5) is 21.4. The molecule has 1 heterocycles. The Balaban J connectivity index is 1.98. The molecule has 1 atom stereocenters. The molecule has 0 fully saturated rings. The molecular weight excluding hydrogens is 316 g/mol. The van der Waals surface area contributed by atoms with Crippen LogP contribution in [0.15, 0.2) is 48.5 Å². The number of carbonyl (C=O) groups excluding carboxylic acids is 1. The normalized spacial score (nSPS) is 11.6. The SMILES string of the molecule is COc1nc2ccccc2nc1[C@H](C#N)C(=O)Nc1cccc(C)c1. The molecule has 124 valence electrons. The third-order valence-corrected chi connectivity index (χ3v) is 3.71. The molecule has 6 heteroatoms. The Morgan fingerprint density at radius 2 is 1.88 bits per heavy atom. The molecule has 0 aliphatic heterocycles. The number of rotatable bonds is 4. The van der Waals surface area contributed by atoms with Gasteiger partial charge < -0.3 is 10.1 Å². The fourth-order valence-corrected chi connectivity index (χ4v) is 2.52. The van der Waals surface area contributed by atoms with Crippen molar-refractivity contribution >= 4 is 22.6 Å². The van der Waals surface area contributed by atoms with Gasteiger partial charge in [0.1, 0.15) is 5.69 Å². The van der Waals surface area contributed by atoms with Crippen molar-refractivity contribution in [1.29, 1.82) is 5.26 Å². The number of nitriles is 1. The molecule has 1 N–H and O–H groups in total. The average Bonchev–Trinajstić information content (AvgIpc) is 2.61. The molecule has 0 aliphatic rings. The number of methoxy groups -OCH3 is 1. The zero-order valence-electron chi connectivity index (χ0n) is 13.9. The van der Waals surface area contributed by atoms with Gasteiger partial charge in [0.25, 0.3) is 0 Å². The lowest BCUT2D eigenvalue weighted by molar-refractivity contribution is -0.116. The fraction of sp³-hybridized carbons (Fsp3) is 0.158. The van der Waals surface area contributed by atoms with Gasteiger partial charge in [0.05, 0.1) is 24.2 Å². The summed E-state index contributed by atoms with van der Waals surface area (Å²) in [6.07, 6.45) is 0. The quantitative estimate of drug-likeness (QED) is 0.792. The summed E-state index contributed by atoms with van der Waals surface area (Å²) in [7, 11) is 1.44. The predicted molar refractivity (Wildman–Crippen MR) is 94.3 cm³/mol. The molecule has 0 radical (unpaired) electrons. The maximum Gasteiger partial charge on any atom is 0.248 e. The Kier molecular flexibility index (Phi) is 4.57. The smallest absolute Gasteiger partial charge is 0.248 e. The summed E-state index contributed by atoms with van der Waals surface area (Å²) in [5.74, 6) is -1.44. The van der Waals surface area contributed by atoms with E-state index in [1.165, 1.54) is 7.11 Å². The molecule has 0 bridgehead atoms. The first-order valence-electron chi connectivity index (χ1n) is 7.70. The van der Waals surface area contributed by atoms with E-state index < -0.39 is 11.8 Å². The molecule has 2 aromatic carbocycles. The number of nitrogens with zero attached hydrogens (tertiary/aromatic N) is 3. The van der Waals surface area contributed by atoms with Crippen LogP contribution in [0.25, 0.3) is 11.0 Å². The van der Waals surface area contributed by atoms with E-state index in [1.807, 2.05) is 43.3 Å². The van der Waals surface area contributed by atoms with Gasteiger partial charge in [-0.15, -0.1) is 0 Å². The van der Waals surface area contributed by atoms with Gasteiger partial charge in [0, 0.05) is 5.69 Å². The Morgan fingerprint density at radius 1 is 1.16 bits per heavy atom. The molecule has 6 nitrogen and oxygen atoms in total. The van der Waals surface area contributed by atoms with E-state index in [0.717, 1.165) is 5.56 Å². The summed E-state index contributed by atoms with van der Waals surface area (Å²) in [6.45, 7) is 1.93. The van der Waals surface area contributed by atoms with Gasteiger partial charge in [-0.1, -0.05) is 24.3 Å². The third kappa shape index (κ3) is 3.40. The first kappa shape index (κ1) is 16.4. The molecule has 3 rings (SSSR count). The number of hydrogen-bond acceptors (Lipinski definition) is 5. The van der Waals surface area contributed by atoms with Crippen LogP contribution < -0.4 is 10.1 Å². The second kappa shape index (κ2) is 6.97. The average molecular weight is 332 g/mol. The molecule has 25 heavy (non-hydrogen) atoms. The van der Waals surface area contributed by atoms with Gasteiger partial charge in [-0.25, -0.2) is 9.97 Å². The van der Waals surface area contributed by atoms with Crippen LogP contribution in [0.3, 0.4) is 0 Å². The molecule has 0 saturated heterocycles. The highest BCUT2D eigenvalue weighted by atomic mass is 16.5. The van der Waals surface area contributed by atoms with Crippen molar-refractivity contribution in [3.8, 4) is 11.9 Å². The number of benzene rings is 2. The van der Waals surface area contributed by atoms with Gasteiger partial charge in [-0.2, -0.15) is 5.26 Å². The second-order valence-electron chi connectivity index (χ2n) is 5.53. The van der Waals surface area contributed by atoms with E-state index in [1.54, 1.807) is 18.2 Å². The number of para-hydroxylation sites is 2. The number of ether oxygens (including phenoxy) is 1. The van der Waals surface area contributed by atoms with Crippen molar-refractivity contribution in [3.63, 3.8) is 0 Å². The van der Waals surface area contributed by atoms with E-state index in [4.69, 9.17) is 4.74 Å². The Labute approximate surface area is 145 Å². The number of aromatic nitrogens is 2. The van der Waals surface area contributed by atoms with Gasteiger partial charge >= 0.3 is 0 Å². The minimum absolute atomic E-state index is 0.171. The molecule has 0 saturated carbocycles. The van der Waals surface area contributed by atoms with Gasteiger partial charge in [0.15, 0.2) is 5.92 Å².